The summed E-state index contributed by atoms with van der Waals surface area (Å²) in [5.74, 6) is -0.539. The third-order valence-corrected chi connectivity index (χ3v) is 2.48. The Morgan fingerprint density at radius 1 is 1.21 bits per heavy atom. The molecule has 0 heterocycles. The van der Waals surface area contributed by atoms with Gasteiger partial charge in [-0.3, -0.25) is 9.59 Å². The number of hydrogen-bond donors (Lipinski definition) is 1. The summed E-state index contributed by atoms with van der Waals surface area (Å²) in [5, 5.41) is 8.04. The van der Waals surface area contributed by atoms with Crippen LogP contribution in [0.25, 0.3) is 0 Å². The van der Waals surface area contributed by atoms with E-state index in [0.717, 1.165) is 17.3 Å². The highest BCUT2D eigenvalue weighted by Crippen LogP contribution is 2.13. The lowest BCUT2D eigenvalue weighted by molar-refractivity contribution is -0.138. The second kappa shape index (κ2) is 5.44. The van der Waals surface area contributed by atoms with Crippen LogP contribution in [0.4, 0.5) is 0 Å². The van der Waals surface area contributed by atoms with E-state index in [-0.39, 0.29) is 5.12 Å². The Hall–Kier alpha value is -1.29. The summed E-state index contributed by atoms with van der Waals surface area (Å²) >= 11 is 1.04. The van der Waals surface area contributed by atoms with E-state index in [1.165, 1.54) is 0 Å². The molecular formula is C10H10O3S. The monoisotopic (exact) mass is 210 g/mol. The molecule has 4 heteroatoms. The molecule has 1 aromatic rings. The lowest BCUT2D eigenvalue weighted by Gasteiger charge is -1.98. The number of rotatable bonds is 4. The maximum atomic E-state index is 11.0. The molecule has 3 nitrogen and oxygen atoms in total. The molecular weight excluding hydrogens is 200 g/mol. The maximum absolute atomic E-state index is 11.0. The van der Waals surface area contributed by atoms with Crippen molar-refractivity contribution in [2.75, 3.05) is 0 Å². The number of aliphatic carboxylic acids is 1. The summed E-state index contributed by atoms with van der Waals surface area (Å²) in [6, 6.07) is 9.48. The lowest BCUT2D eigenvalue weighted by atomic mass is 10.2. The predicted octanol–water partition coefficient (Wildman–Crippen LogP) is 1.92. The molecule has 0 aliphatic carbocycles. The number of hydrogen-bond acceptors (Lipinski definition) is 3. The number of carboxylic acid groups (broad SMARTS) is 1. The lowest BCUT2D eigenvalue weighted by Crippen LogP contribution is -2.02. The minimum Gasteiger partial charge on any atom is -0.481 e. The highest BCUT2D eigenvalue weighted by Gasteiger charge is 2.07. The first-order valence-corrected chi connectivity index (χ1v) is 5.08. The average Bonchev–Trinajstić information content (AvgIpc) is 2.15. The molecule has 1 N–H and O–H groups in total. The van der Waals surface area contributed by atoms with E-state index in [9.17, 15) is 9.59 Å². The predicted molar refractivity (Wildman–Crippen MR) is 55.0 cm³/mol. The Morgan fingerprint density at radius 3 is 2.43 bits per heavy atom. The molecule has 0 saturated carbocycles. The van der Waals surface area contributed by atoms with Gasteiger partial charge in [0.2, 0.25) is 0 Å². The second-order valence-corrected chi connectivity index (χ2v) is 3.75. The second-order valence-electron chi connectivity index (χ2n) is 2.72. The molecule has 0 saturated heterocycles. The van der Waals surface area contributed by atoms with Gasteiger partial charge in [-0.25, -0.2) is 0 Å². The van der Waals surface area contributed by atoms with Gasteiger partial charge < -0.3 is 5.11 Å². The molecule has 0 aliphatic heterocycles. The van der Waals surface area contributed by atoms with E-state index >= 15 is 0 Å². The van der Waals surface area contributed by atoms with Crippen LogP contribution in [0.3, 0.4) is 0 Å². The van der Waals surface area contributed by atoms with Gasteiger partial charge in [0.25, 0.3) is 0 Å². The topological polar surface area (TPSA) is 54.4 Å². The fraction of sp³-hybridized carbons (Fsp3) is 0.200. The first kappa shape index (κ1) is 10.8. The van der Waals surface area contributed by atoms with Crippen LogP contribution in [-0.4, -0.2) is 16.2 Å². The van der Waals surface area contributed by atoms with Crippen LogP contribution in [0, 0.1) is 0 Å². The molecule has 1 aromatic carbocycles. The Morgan fingerprint density at radius 2 is 1.86 bits per heavy atom. The zero-order valence-electron chi connectivity index (χ0n) is 7.47. The van der Waals surface area contributed by atoms with Crippen molar-refractivity contribution in [3.8, 4) is 0 Å². The highest BCUT2D eigenvalue weighted by molar-refractivity contribution is 8.13. The van der Waals surface area contributed by atoms with Crippen LogP contribution in [0.1, 0.15) is 12.0 Å². The van der Waals surface area contributed by atoms with E-state index in [0.29, 0.717) is 5.75 Å². The van der Waals surface area contributed by atoms with Crippen molar-refractivity contribution in [1.29, 1.82) is 0 Å². The average molecular weight is 210 g/mol. The molecule has 1 rings (SSSR count). The molecule has 0 bridgehead atoms. The fourth-order valence-electron chi connectivity index (χ4n) is 0.913. The van der Waals surface area contributed by atoms with E-state index in [4.69, 9.17) is 5.11 Å². The number of carbonyl (C=O) groups is 2. The quantitative estimate of drug-likeness (QED) is 0.771. The SMILES string of the molecule is O=C(O)CC(=O)SCc1ccccc1. The third-order valence-electron chi connectivity index (χ3n) is 1.54. The maximum Gasteiger partial charge on any atom is 0.311 e. The van der Waals surface area contributed by atoms with E-state index in [1.807, 2.05) is 30.3 Å². The van der Waals surface area contributed by atoms with Crippen molar-refractivity contribution in [2.24, 2.45) is 0 Å². The van der Waals surface area contributed by atoms with Crippen molar-refractivity contribution >= 4 is 22.8 Å². The van der Waals surface area contributed by atoms with Crippen LogP contribution < -0.4 is 0 Å². The molecule has 0 amide bonds. The smallest absolute Gasteiger partial charge is 0.311 e. The Labute approximate surface area is 86.1 Å². The van der Waals surface area contributed by atoms with E-state index in [2.05, 4.69) is 0 Å². The van der Waals surface area contributed by atoms with Crippen LogP contribution in [-0.2, 0) is 15.3 Å². The van der Waals surface area contributed by atoms with Crippen LogP contribution >= 0.6 is 11.8 Å². The number of thioether (sulfide) groups is 1. The van der Waals surface area contributed by atoms with Gasteiger partial charge in [-0.15, -0.1) is 0 Å². The van der Waals surface area contributed by atoms with Gasteiger partial charge in [0, 0.05) is 5.75 Å². The summed E-state index contributed by atoms with van der Waals surface area (Å²) in [6.45, 7) is 0. The normalized spacial score (nSPS) is 9.71. The number of carboxylic acids is 1. The molecule has 0 atom stereocenters. The first-order valence-electron chi connectivity index (χ1n) is 4.10. The number of benzene rings is 1. The fourth-order valence-corrected chi connectivity index (χ4v) is 1.66. The van der Waals surface area contributed by atoms with Crippen molar-refractivity contribution in [3.63, 3.8) is 0 Å². The minimum atomic E-state index is -1.07. The van der Waals surface area contributed by atoms with Crippen molar-refractivity contribution in [1.82, 2.24) is 0 Å². The zero-order valence-corrected chi connectivity index (χ0v) is 8.29. The summed E-state index contributed by atoms with van der Waals surface area (Å²) in [7, 11) is 0. The van der Waals surface area contributed by atoms with Crippen molar-refractivity contribution < 1.29 is 14.7 Å². The van der Waals surface area contributed by atoms with Gasteiger partial charge in [-0.2, -0.15) is 0 Å². The highest BCUT2D eigenvalue weighted by atomic mass is 32.2. The van der Waals surface area contributed by atoms with Gasteiger partial charge in [-0.1, -0.05) is 42.1 Å². The zero-order chi connectivity index (χ0) is 10.4. The molecule has 0 radical (unpaired) electrons. The summed E-state index contributed by atoms with van der Waals surface area (Å²) in [4.78, 5) is 21.2. The standard InChI is InChI=1S/C10H10O3S/c11-9(12)6-10(13)14-7-8-4-2-1-3-5-8/h1-5H,6-7H2,(H,11,12). The largest absolute Gasteiger partial charge is 0.481 e. The molecule has 0 unspecified atom stereocenters. The summed E-state index contributed by atoms with van der Waals surface area (Å²) in [5.41, 5.74) is 1.02. The van der Waals surface area contributed by atoms with Gasteiger partial charge >= 0.3 is 5.97 Å². The molecule has 0 aliphatic rings. The Bertz CT molecular complexity index is 321. The molecule has 0 spiro atoms. The van der Waals surface area contributed by atoms with Gasteiger partial charge in [0.1, 0.15) is 6.42 Å². The molecule has 0 fully saturated rings. The van der Waals surface area contributed by atoms with Crippen LogP contribution in [0.15, 0.2) is 30.3 Å². The molecule has 74 valence electrons. The van der Waals surface area contributed by atoms with Gasteiger partial charge in [0.05, 0.1) is 0 Å². The third kappa shape index (κ3) is 4.09. The van der Waals surface area contributed by atoms with Gasteiger partial charge in [0.15, 0.2) is 5.12 Å². The number of carbonyl (C=O) groups excluding carboxylic acids is 1. The van der Waals surface area contributed by atoms with Crippen molar-refractivity contribution in [3.05, 3.63) is 35.9 Å². The van der Waals surface area contributed by atoms with E-state index in [1.54, 1.807) is 0 Å². The van der Waals surface area contributed by atoms with E-state index < -0.39 is 12.4 Å². The first-order chi connectivity index (χ1) is 6.68. The summed E-state index contributed by atoms with van der Waals surface area (Å²) in [6.07, 6.45) is -0.405. The minimum absolute atomic E-state index is 0.304. The van der Waals surface area contributed by atoms with Crippen LogP contribution in [0.5, 0.6) is 0 Å². The summed E-state index contributed by atoms with van der Waals surface area (Å²) < 4.78 is 0. The Balaban J connectivity index is 2.34. The Kier molecular flexibility index (Phi) is 4.19. The molecule has 14 heavy (non-hydrogen) atoms. The van der Waals surface area contributed by atoms with Crippen molar-refractivity contribution in [2.45, 2.75) is 12.2 Å². The van der Waals surface area contributed by atoms with Crippen LogP contribution in [0.2, 0.25) is 0 Å². The van der Waals surface area contributed by atoms with Gasteiger partial charge in [-0.05, 0) is 5.56 Å². The molecule has 0 aromatic heterocycles.